The summed E-state index contributed by atoms with van der Waals surface area (Å²) in [7, 11) is 1.37. The van der Waals surface area contributed by atoms with E-state index in [9.17, 15) is 8.78 Å². The molecule has 0 atom stereocenters. The summed E-state index contributed by atoms with van der Waals surface area (Å²) in [5.41, 5.74) is 2.46. The Morgan fingerprint density at radius 3 is 2.69 bits per heavy atom. The predicted octanol–water partition coefficient (Wildman–Crippen LogP) is 1.32. The molecule has 0 spiro atoms. The molecular formula is C8H9F2NO2. The van der Waals surface area contributed by atoms with Crippen molar-refractivity contribution in [3.05, 3.63) is 29.3 Å². The fraction of sp³-hybridized carbons (Fsp3) is 0.250. The first-order valence-corrected chi connectivity index (χ1v) is 3.58. The van der Waals surface area contributed by atoms with Gasteiger partial charge >= 0.3 is 0 Å². The van der Waals surface area contributed by atoms with E-state index < -0.39 is 17.4 Å². The molecule has 72 valence electrons. The Morgan fingerprint density at radius 2 is 2.08 bits per heavy atom. The summed E-state index contributed by atoms with van der Waals surface area (Å²) >= 11 is 0. The van der Waals surface area contributed by atoms with Gasteiger partial charge in [-0.25, -0.2) is 8.78 Å². The fourth-order valence-electron chi connectivity index (χ4n) is 0.863. The maximum Gasteiger partial charge on any atom is 0.165 e. The highest BCUT2D eigenvalue weighted by Gasteiger charge is 2.08. The smallest absolute Gasteiger partial charge is 0.165 e. The van der Waals surface area contributed by atoms with Gasteiger partial charge in [0.25, 0.3) is 0 Å². The van der Waals surface area contributed by atoms with Gasteiger partial charge in [-0.15, -0.1) is 0 Å². The molecule has 2 N–H and O–H groups in total. The van der Waals surface area contributed by atoms with Gasteiger partial charge < -0.3 is 9.94 Å². The van der Waals surface area contributed by atoms with E-state index in [0.29, 0.717) is 0 Å². The molecule has 0 amide bonds. The molecule has 1 aromatic rings. The summed E-state index contributed by atoms with van der Waals surface area (Å²) in [6.45, 7) is 0.0412. The summed E-state index contributed by atoms with van der Waals surface area (Å²) < 4.78 is 25.6. The maximum absolute atomic E-state index is 12.9. The molecule has 0 aliphatic rings. The molecule has 0 bridgehead atoms. The van der Waals surface area contributed by atoms with Crippen LogP contribution in [0.5, 0.6) is 5.75 Å². The van der Waals surface area contributed by atoms with E-state index in [2.05, 4.69) is 10.3 Å². The van der Waals surface area contributed by atoms with Gasteiger partial charge in [0.05, 0.1) is 7.11 Å². The van der Waals surface area contributed by atoms with E-state index in [1.54, 1.807) is 0 Å². The van der Waals surface area contributed by atoms with Crippen LogP contribution in [0.2, 0.25) is 0 Å². The number of hydrogen-bond acceptors (Lipinski definition) is 3. The summed E-state index contributed by atoms with van der Waals surface area (Å²) in [5, 5.41) is 8.78. The van der Waals surface area contributed by atoms with Crippen LogP contribution < -0.4 is 5.48 Å². The van der Waals surface area contributed by atoms with E-state index in [-0.39, 0.29) is 12.1 Å². The van der Waals surface area contributed by atoms with Gasteiger partial charge in [0.15, 0.2) is 11.6 Å². The molecule has 0 saturated heterocycles. The number of nitrogens with one attached hydrogen (secondary N) is 1. The maximum atomic E-state index is 12.9. The highest BCUT2D eigenvalue weighted by molar-refractivity contribution is 5.29. The lowest BCUT2D eigenvalue weighted by Crippen LogP contribution is -2.12. The molecule has 0 unspecified atom stereocenters. The molecule has 1 rings (SSSR count). The van der Waals surface area contributed by atoms with E-state index in [1.165, 1.54) is 7.11 Å². The van der Waals surface area contributed by atoms with Crippen LogP contribution in [0.3, 0.4) is 0 Å². The van der Waals surface area contributed by atoms with Crippen molar-refractivity contribution in [2.75, 3.05) is 7.11 Å². The van der Waals surface area contributed by atoms with Crippen LogP contribution in [0.25, 0.3) is 0 Å². The highest BCUT2D eigenvalue weighted by atomic mass is 19.1. The topological polar surface area (TPSA) is 41.5 Å². The van der Waals surface area contributed by atoms with Crippen LogP contribution in [-0.4, -0.2) is 12.2 Å². The third kappa shape index (κ3) is 2.37. The largest absolute Gasteiger partial charge is 0.505 e. The van der Waals surface area contributed by atoms with Crippen LogP contribution in [0, 0.1) is 11.6 Å². The first-order valence-electron chi connectivity index (χ1n) is 3.58. The van der Waals surface area contributed by atoms with E-state index in [1.807, 2.05) is 0 Å². The molecule has 0 fully saturated rings. The lowest BCUT2D eigenvalue weighted by atomic mass is 10.2. The average Bonchev–Trinajstić information content (AvgIpc) is 2.09. The van der Waals surface area contributed by atoms with Gasteiger partial charge in [-0.3, -0.25) is 0 Å². The van der Waals surface area contributed by atoms with Crippen molar-refractivity contribution in [3.63, 3.8) is 0 Å². The van der Waals surface area contributed by atoms with Gasteiger partial charge in [-0.05, 0) is 6.07 Å². The van der Waals surface area contributed by atoms with Crippen LogP contribution in [0.15, 0.2) is 12.1 Å². The molecule has 0 aliphatic heterocycles. The minimum Gasteiger partial charge on any atom is -0.505 e. The van der Waals surface area contributed by atoms with Gasteiger partial charge in [-0.2, -0.15) is 5.48 Å². The van der Waals surface area contributed by atoms with Gasteiger partial charge in [0, 0.05) is 18.2 Å². The Hall–Kier alpha value is -1.20. The second kappa shape index (κ2) is 4.15. The molecular weight excluding hydrogens is 180 g/mol. The number of halogens is 2. The molecule has 0 aromatic heterocycles. The molecule has 5 heteroatoms. The Morgan fingerprint density at radius 1 is 1.38 bits per heavy atom. The lowest BCUT2D eigenvalue weighted by molar-refractivity contribution is 0.0858. The van der Waals surface area contributed by atoms with Crippen LogP contribution in [0.1, 0.15) is 5.56 Å². The minimum absolute atomic E-state index is 0.0412. The van der Waals surface area contributed by atoms with Gasteiger partial charge in [0.2, 0.25) is 0 Å². The SMILES string of the molecule is CONCc1cc(F)c(O)cc1F. The van der Waals surface area contributed by atoms with E-state index >= 15 is 0 Å². The van der Waals surface area contributed by atoms with Crippen LogP contribution in [-0.2, 0) is 11.4 Å². The highest BCUT2D eigenvalue weighted by Crippen LogP contribution is 2.19. The van der Waals surface area contributed by atoms with Crippen molar-refractivity contribution in [1.29, 1.82) is 0 Å². The zero-order valence-electron chi connectivity index (χ0n) is 6.97. The Balaban J connectivity index is 2.88. The lowest BCUT2D eigenvalue weighted by Gasteiger charge is -2.04. The van der Waals surface area contributed by atoms with Crippen LogP contribution >= 0.6 is 0 Å². The fourth-order valence-corrected chi connectivity index (χ4v) is 0.863. The monoisotopic (exact) mass is 189 g/mol. The zero-order valence-corrected chi connectivity index (χ0v) is 6.97. The summed E-state index contributed by atoms with van der Waals surface area (Å²) in [6.07, 6.45) is 0. The normalized spacial score (nSPS) is 10.4. The summed E-state index contributed by atoms with van der Waals surface area (Å²) in [6, 6.07) is 1.64. The standard InChI is InChI=1S/C8H9F2NO2/c1-13-11-4-5-2-7(10)8(12)3-6(5)9/h2-3,11-12H,4H2,1H3. The van der Waals surface area contributed by atoms with E-state index in [4.69, 9.17) is 5.11 Å². The van der Waals surface area contributed by atoms with E-state index in [0.717, 1.165) is 12.1 Å². The van der Waals surface area contributed by atoms with Crippen molar-refractivity contribution in [2.45, 2.75) is 6.54 Å². The number of hydroxylamine groups is 1. The first kappa shape index (κ1) is 9.88. The van der Waals surface area contributed by atoms with Crippen molar-refractivity contribution in [3.8, 4) is 5.75 Å². The second-order valence-electron chi connectivity index (χ2n) is 2.42. The number of phenols is 1. The number of aromatic hydroxyl groups is 1. The molecule has 3 nitrogen and oxygen atoms in total. The van der Waals surface area contributed by atoms with Crippen LogP contribution in [0.4, 0.5) is 8.78 Å². The number of hydrogen-bond donors (Lipinski definition) is 2. The molecule has 0 saturated carbocycles. The summed E-state index contributed by atoms with van der Waals surface area (Å²) in [4.78, 5) is 4.47. The second-order valence-corrected chi connectivity index (χ2v) is 2.42. The number of rotatable bonds is 3. The zero-order chi connectivity index (χ0) is 9.84. The third-order valence-corrected chi connectivity index (χ3v) is 1.52. The van der Waals surface area contributed by atoms with Gasteiger partial charge in [0.1, 0.15) is 5.82 Å². The molecule has 0 radical (unpaired) electrons. The van der Waals surface area contributed by atoms with Crippen molar-refractivity contribution in [1.82, 2.24) is 5.48 Å². The predicted molar refractivity (Wildman–Crippen MR) is 41.9 cm³/mol. The summed E-state index contributed by atoms with van der Waals surface area (Å²) in [5.74, 6) is -2.23. The third-order valence-electron chi connectivity index (χ3n) is 1.52. The van der Waals surface area contributed by atoms with Crippen molar-refractivity contribution < 1.29 is 18.7 Å². The molecule has 0 aliphatic carbocycles. The number of phenolic OH excluding ortho intramolecular Hbond substituents is 1. The Labute approximate surface area is 73.9 Å². The molecule has 1 aromatic carbocycles. The van der Waals surface area contributed by atoms with Crippen molar-refractivity contribution in [2.24, 2.45) is 0 Å². The minimum atomic E-state index is -0.852. The Kier molecular flexibility index (Phi) is 3.16. The number of benzene rings is 1. The molecule has 0 heterocycles. The Bertz CT molecular complexity index is 304. The quantitative estimate of drug-likeness (QED) is 0.704. The molecule has 13 heavy (non-hydrogen) atoms. The average molecular weight is 189 g/mol. The first-order chi connectivity index (χ1) is 6.15. The van der Waals surface area contributed by atoms with Gasteiger partial charge in [-0.1, -0.05) is 0 Å². The van der Waals surface area contributed by atoms with Crippen molar-refractivity contribution >= 4 is 0 Å².